The van der Waals surface area contributed by atoms with Gasteiger partial charge >= 0.3 is 0 Å². The zero-order chi connectivity index (χ0) is 11.3. The number of rotatable bonds is 0. The van der Waals surface area contributed by atoms with Gasteiger partial charge in [0.1, 0.15) is 0 Å². The third-order valence-corrected chi connectivity index (χ3v) is 4.61. The highest BCUT2D eigenvalue weighted by Crippen LogP contribution is 2.56. The Bertz CT molecular complexity index is 229. The van der Waals surface area contributed by atoms with E-state index in [0.717, 1.165) is 26.1 Å². The lowest BCUT2D eigenvalue weighted by atomic mass is 9.56. The van der Waals surface area contributed by atoms with E-state index in [2.05, 4.69) is 34.6 Å². The second-order valence-electron chi connectivity index (χ2n) is 6.66. The molecule has 2 nitrogen and oxygen atoms in total. The second kappa shape index (κ2) is 3.21. The first kappa shape index (κ1) is 11.4. The smallest absolute Gasteiger partial charge is 0.169 e. The number of ether oxygens (including phenoxy) is 2. The van der Waals surface area contributed by atoms with Crippen LogP contribution in [0.2, 0.25) is 0 Å². The summed E-state index contributed by atoms with van der Waals surface area (Å²) in [5.41, 5.74) is 0.595. The molecule has 0 bridgehead atoms. The van der Waals surface area contributed by atoms with Crippen molar-refractivity contribution >= 4 is 0 Å². The van der Waals surface area contributed by atoms with E-state index >= 15 is 0 Å². The van der Waals surface area contributed by atoms with Gasteiger partial charge in [-0.25, -0.2) is 0 Å². The van der Waals surface area contributed by atoms with E-state index in [4.69, 9.17) is 9.47 Å². The molecule has 0 N–H and O–H groups in total. The van der Waals surface area contributed by atoms with Crippen molar-refractivity contribution in [2.45, 2.75) is 53.2 Å². The molecule has 1 saturated heterocycles. The van der Waals surface area contributed by atoms with Crippen molar-refractivity contribution in [1.82, 2.24) is 0 Å². The first-order valence-electron chi connectivity index (χ1n) is 6.05. The molecule has 0 aromatic carbocycles. The fourth-order valence-corrected chi connectivity index (χ4v) is 3.52. The minimum atomic E-state index is -0.278. The molecule has 1 aliphatic heterocycles. The number of hydrogen-bond donors (Lipinski definition) is 0. The summed E-state index contributed by atoms with van der Waals surface area (Å²) in [6.07, 6.45) is 2.06. The van der Waals surface area contributed by atoms with E-state index in [1.165, 1.54) is 0 Å². The van der Waals surface area contributed by atoms with E-state index in [1.54, 1.807) is 0 Å². The normalized spacial score (nSPS) is 33.4. The molecule has 1 aliphatic carbocycles. The van der Waals surface area contributed by atoms with Crippen LogP contribution in [0.5, 0.6) is 0 Å². The van der Waals surface area contributed by atoms with E-state index in [-0.39, 0.29) is 5.79 Å². The summed E-state index contributed by atoms with van der Waals surface area (Å²) in [6, 6.07) is 0. The largest absolute Gasteiger partial charge is 0.347 e. The molecule has 0 unspecified atom stereocenters. The highest BCUT2D eigenvalue weighted by molar-refractivity contribution is 4.99. The Hall–Kier alpha value is -0.0800. The molecule has 0 aromatic heterocycles. The second-order valence-corrected chi connectivity index (χ2v) is 6.66. The quantitative estimate of drug-likeness (QED) is 0.614. The van der Waals surface area contributed by atoms with Crippen molar-refractivity contribution in [3.63, 3.8) is 0 Å². The van der Waals surface area contributed by atoms with Crippen LogP contribution in [0.25, 0.3) is 0 Å². The van der Waals surface area contributed by atoms with Gasteiger partial charge in [0.25, 0.3) is 0 Å². The highest BCUT2D eigenvalue weighted by Gasteiger charge is 2.54. The molecule has 1 heterocycles. The predicted octanol–water partition coefficient (Wildman–Crippen LogP) is 3.21. The van der Waals surface area contributed by atoms with Gasteiger partial charge in [-0.2, -0.15) is 0 Å². The molecule has 2 fully saturated rings. The average Bonchev–Trinajstić information content (AvgIpc) is 2.47. The molecule has 2 rings (SSSR count). The maximum Gasteiger partial charge on any atom is 0.169 e. The van der Waals surface area contributed by atoms with Gasteiger partial charge in [0.2, 0.25) is 0 Å². The number of hydrogen-bond acceptors (Lipinski definition) is 2. The van der Waals surface area contributed by atoms with Gasteiger partial charge in [0.05, 0.1) is 13.2 Å². The summed E-state index contributed by atoms with van der Waals surface area (Å²) in [4.78, 5) is 0. The van der Waals surface area contributed by atoms with Crippen molar-refractivity contribution in [2.75, 3.05) is 13.2 Å². The van der Waals surface area contributed by atoms with Gasteiger partial charge < -0.3 is 9.47 Å². The zero-order valence-corrected chi connectivity index (χ0v) is 10.7. The van der Waals surface area contributed by atoms with Crippen LogP contribution >= 0.6 is 0 Å². The summed E-state index contributed by atoms with van der Waals surface area (Å²) < 4.78 is 11.8. The molecule has 0 radical (unpaired) electrons. The predicted molar refractivity (Wildman–Crippen MR) is 60.6 cm³/mol. The van der Waals surface area contributed by atoms with Gasteiger partial charge in [-0.1, -0.05) is 34.6 Å². The molecule has 0 amide bonds. The van der Waals surface area contributed by atoms with E-state index < -0.39 is 0 Å². The minimum absolute atomic E-state index is 0.278. The molecule has 1 saturated carbocycles. The van der Waals surface area contributed by atoms with E-state index in [9.17, 15) is 0 Å². The van der Waals surface area contributed by atoms with Gasteiger partial charge in [-0.05, 0) is 16.7 Å². The maximum atomic E-state index is 5.88. The Balaban J connectivity index is 2.27. The lowest BCUT2D eigenvalue weighted by Crippen LogP contribution is -2.51. The fourth-order valence-electron chi connectivity index (χ4n) is 3.52. The Kier molecular flexibility index (Phi) is 2.44. The topological polar surface area (TPSA) is 18.5 Å². The van der Waals surface area contributed by atoms with Crippen LogP contribution in [0.3, 0.4) is 0 Å². The van der Waals surface area contributed by atoms with Crippen LogP contribution in [0.1, 0.15) is 47.5 Å². The summed E-state index contributed by atoms with van der Waals surface area (Å²) >= 11 is 0. The van der Waals surface area contributed by atoms with Gasteiger partial charge in [0, 0.05) is 12.8 Å². The van der Waals surface area contributed by atoms with E-state index in [1.807, 2.05) is 0 Å². The average molecular weight is 212 g/mol. The Morgan fingerprint density at radius 1 is 0.867 bits per heavy atom. The Labute approximate surface area is 93.3 Å². The Morgan fingerprint density at radius 2 is 1.27 bits per heavy atom. The van der Waals surface area contributed by atoms with Crippen LogP contribution in [0.15, 0.2) is 0 Å². The lowest BCUT2D eigenvalue weighted by molar-refractivity contribution is -0.236. The van der Waals surface area contributed by atoms with E-state index in [0.29, 0.717) is 16.7 Å². The molecule has 2 aliphatic rings. The van der Waals surface area contributed by atoms with Crippen molar-refractivity contribution in [3.05, 3.63) is 0 Å². The van der Waals surface area contributed by atoms with Crippen molar-refractivity contribution in [2.24, 2.45) is 16.7 Å². The van der Waals surface area contributed by atoms with Crippen LogP contribution in [-0.2, 0) is 9.47 Å². The van der Waals surface area contributed by atoms with Gasteiger partial charge in [-0.3, -0.25) is 0 Å². The fraction of sp³-hybridized carbons (Fsp3) is 1.00. The van der Waals surface area contributed by atoms with Crippen LogP contribution < -0.4 is 0 Å². The van der Waals surface area contributed by atoms with Crippen LogP contribution in [0.4, 0.5) is 0 Å². The summed E-state index contributed by atoms with van der Waals surface area (Å²) in [7, 11) is 0. The van der Waals surface area contributed by atoms with Crippen molar-refractivity contribution < 1.29 is 9.47 Å². The molecular weight excluding hydrogens is 188 g/mol. The van der Waals surface area contributed by atoms with Gasteiger partial charge in [0.15, 0.2) is 5.79 Å². The molecule has 1 spiro atoms. The van der Waals surface area contributed by atoms with Crippen LogP contribution in [0, 0.1) is 16.7 Å². The third-order valence-electron chi connectivity index (χ3n) is 4.61. The lowest BCUT2D eigenvalue weighted by Gasteiger charge is -2.53. The molecule has 0 atom stereocenters. The summed E-state index contributed by atoms with van der Waals surface area (Å²) in [5, 5.41) is 0. The van der Waals surface area contributed by atoms with Gasteiger partial charge in [-0.15, -0.1) is 0 Å². The Morgan fingerprint density at radius 3 is 1.67 bits per heavy atom. The molecule has 15 heavy (non-hydrogen) atoms. The van der Waals surface area contributed by atoms with Crippen molar-refractivity contribution in [3.8, 4) is 0 Å². The zero-order valence-electron chi connectivity index (χ0n) is 10.7. The standard InChI is InChI=1S/C13H24O2/c1-10-11(2,3)8-13(9-12(10,4)5)14-6-7-15-13/h10H,6-9H2,1-5H3. The third kappa shape index (κ3) is 1.83. The first-order chi connectivity index (χ1) is 6.78. The molecule has 88 valence electrons. The summed E-state index contributed by atoms with van der Waals surface area (Å²) in [5.74, 6) is 0.419. The minimum Gasteiger partial charge on any atom is -0.347 e. The highest BCUT2D eigenvalue weighted by atomic mass is 16.7. The SMILES string of the molecule is CC1C(C)(C)CC2(CC1(C)C)OCCO2. The van der Waals surface area contributed by atoms with Crippen LogP contribution in [-0.4, -0.2) is 19.0 Å². The maximum absolute atomic E-state index is 5.88. The summed E-state index contributed by atoms with van der Waals surface area (Å²) in [6.45, 7) is 13.2. The molecule has 2 heteroatoms. The molecular formula is C13H24O2. The van der Waals surface area contributed by atoms with Crippen molar-refractivity contribution in [1.29, 1.82) is 0 Å². The molecule has 0 aromatic rings. The first-order valence-corrected chi connectivity index (χ1v) is 6.05. The monoisotopic (exact) mass is 212 g/mol.